The third-order valence-electron chi connectivity index (χ3n) is 4.22. The second kappa shape index (κ2) is 7.83. The Morgan fingerprint density at radius 3 is 2.04 bits per heavy atom. The summed E-state index contributed by atoms with van der Waals surface area (Å²) >= 11 is 0. The smallest absolute Gasteiger partial charge is 0.357 e. The van der Waals surface area contributed by atoms with Gasteiger partial charge in [0.25, 0.3) is 0 Å². The van der Waals surface area contributed by atoms with Crippen LogP contribution in [-0.2, 0) is 9.47 Å². The molecule has 0 bridgehead atoms. The fraction of sp³-hybridized carbons (Fsp3) is 0.136. The van der Waals surface area contributed by atoms with Crippen LogP contribution in [0.15, 0.2) is 60.7 Å². The number of pyridine rings is 1. The highest BCUT2D eigenvalue weighted by atomic mass is 16.5. The molecule has 0 atom stereocenters. The molecule has 1 heterocycles. The molecule has 0 saturated heterocycles. The lowest BCUT2D eigenvalue weighted by atomic mass is 9.96. The van der Waals surface area contributed by atoms with E-state index in [0.717, 1.165) is 16.7 Å². The van der Waals surface area contributed by atoms with Crippen molar-refractivity contribution >= 4 is 11.9 Å². The molecular weight excluding hydrogens is 342 g/mol. The molecule has 3 aromatic rings. The van der Waals surface area contributed by atoms with Gasteiger partial charge >= 0.3 is 11.9 Å². The summed E-state index contributed by atoms with van der Waals surface area (Å²) in [6, 6.07) is 18.9. The topological polar surface area (TPSA) is 65.5 Å². The zero-order chi connectivity index (χ0) is 19.4. The van der Waals surface area contributed by atoms with Crippen molar-refractivity contribution in [2.45, 2.75) is 6.92 Å². The second-order valence-electron chi connectivity index (χ2n) is 5.99. The van der Waals surface area contributed by atoms with Crippen molar-refractivity contribution < 1.29 is 19.1 Å². The number of esters is 2. The fourth-order valence-corrected chi connectivity index (χ4v) is 2.82. The summed E-state index contributed by atoms with van der Waals surface area (Å²) in [5, 5.41) is 0. The van der Waals surface area contributed by atoms with Gasteiger partial charge in [0.2, 0.25) is 0 Å². The predicted octanol–water partition coefficient (Wildman–Crippen LogP) is 4.30. The van der Waals surface area contributed by atoms with Gasteiger partial charge in [-0.1, -0.05) is 60.2 Å². The number of hydrogen-bond donors (Lipinski definition) is 0. The number of nitrogens with zero attached hydrogens (tertiary/aromatic N) is 1. The number of ether oxygens (including phenoxy) is 2. The SMILES string of the molecule is COC(=O)c1nc(-c2ccc(C)cc2)cc(-c2ccccc2)c1C(=O)OC. The van der Waals surface area contributed by atoms with Crippen molar-refractivity contribution in [1.29, 1.82) is 0 Å². The molecule has 0 N–H and O–H groups in total. The van der Waals surface area contributed by atoms with Gasteiger partial charge in [-0.05, 0) is 18.6 Å². The van der Waals surface area contributed by atoms with Gasteiger partial charge in [-0.15, -0.1) is 0 Å². The van der Waals surface area contributed by atoms with E-state index >= 15 is 0 Å². The average molecular weight is 361 g/mol. The molecule has 136 valence electrons. The van der Waals surface area contributed by atoms with E-state index in [1.165, 1.54) is 14.2 Å². The highest BCUT2D eigenvalue weighted by Gasteiger charge is 2.26. The van der Waals surface area contributed by atoms with Crippen LogP contribution < -0.4 is 0 Å². The Labute approximate surface area is 157 Å². The van der Waals surface area contributed by atoms with E-state index in [2.05, 4.69) is 4.98 Å². The summed E-state index contributed by atoms with van der Waals surface area (Å²) in [4.78, 5) is 29.3. The van der Waals surface area contributed by atoms with Crippen molar-refractivity contribution in [3.8, 4) is 22.4 Å². The van der Waals surface area contributed by atoms with E-state index in [9.17, 15) is 9.59 Å². The van der Waals surface area contributed by atoms with E-state index in [-0.39, 0.29) is 11.3 Å². The van der Waals surface area contributed by atoms with E-state index in [1.54, 1.807) is 6.07 Å². The summed E-state index contributed by atoms with van der Waals surface area (Å²) in [5.41, 5.74) is 3.88. The first-order valence-corrected chi connectivity index (χ1v) is 8.39. The molecule has 0 spiro atoms. The normalized spacial score (nSPS) is 10.3. The van der Waals surface area contributed by atoms with Crippen LogP contribution in [0.4, 0.5) is 0 Å². The maximum Gasteiger partial charge on any atom is 0.357 e. The van der Waals surface area contributed by atoms with Crippen LogP contribution in [0.25, 0.3) is 22.4 Å². The molecule has 0 aliphatic rings. The molecule has 0 saturated carbocycles. The summed E-state index contributed by atoms with van der Waals surface area (Å²) in [6.07, 6.45) is 0. The van der Waals surface area contributed by atoms with Crippen molar-refractivity contribution in [3.63, 3.8) is 0 Å². The Hall–Kier alpha value is -3.47. The van der Waals surface area contributed by atoms with Gasteiger partial charge in [0, 0.05) is 11.1 Å². The Morgan fingerprint density at radius 1 is 0.815 bits per heavy atom. The first-order chi connectivity index (χ1) is 13.0. The van der Waals surface area contributed by atoms with Gasteiger partial charge in [-0.3, -0.25) is 0 Å². The number of carbonyl (C=O) groups is 2. The quantitative estimate of drug-likeness (QED) is 0.648. The molecule has 0 aliphatic carbocycles. The molecule has 0 fully saturated rings. The molecular formula is C22H19NO4. The molecule has 0 unspecified atom stereocenters. The third-order valence-corrected chi connectivity index (χ3v) is 4.22. The van der Waals surface area contributed by atoms with Crippen LogP contribution in [0.5, 0.6) is 0 Å². The van der Waals surface area contributed by atoms with Gasteiger partial charge in [0.1, 0.15) is 5.56 Å². The number of aryl methyl sites for hydroxylation is 1. The Balaban J connectivity index is 2.33. The molecule has 3 rings (SSSR count). The summed E-state index contributed by atoms with van der Waals surface area (Å²) in [5.74, 6) is -1.33. The lowest BCUT2D eigenvalue weighted by Crippen LogP contribution is -2.16. The zero-order valence-corrected chi connectivity index (χ0v) is 15.4. The average Bonchev–Trinajstić information content (AvgIpc) is 2.72. The van der Waals surface area contributed by atoms with Crippen molar-refractivity contribution in [2.24, 2.45) is 0 Å². The van der Waals surface area contributed by atoms with Gasteiger partial charge in [-0.2, -0.15) is 0 Å². The van der Waals surface area contributed by atoms with Crippen LogP contribution in [0.1, 0.15) is 26.4 Å². The van der Waals surface area contributed by atoms with Crippen LogP contribution >= 0.6 is 0 Å². The van der Waals surface area contributed by atoms with Gasteiger partial charge < -0.3 is 9.47 Å². The Morgan fingerprint density at radius 2 is 1.44 bits per heavy atom. The summed E-state index contributed by atoms with van der Waals surface area (Å²) in [6.45, 7) is 1.99. The number of carbonyl (C=O) groups excluding carboxylic acids is 2. The lowest BCUT2D eigenvalue weighted by Gasteiger charge is -2.14. The largest absolute Gasteiger partial charge is 0.465 e. The number of rotatable bonds is 4. The zero-order valence-electron chi connectivity index (χ0n) is 15.4. The minimum Gasteiger partial charge on any atom is -0.465 e. The third kappa shape index (κ3) is 3.72. The number of aromatic nitrogens is 1. The van der Waals surface area contributed by atoms with Crippen molar-refractivity contribution in [2.75, 3.05) is 14.2 Å². The van der Waals surface area contributed by atoms with E-state index in [0.29, 0.717) is 11.3 Å². The van der Waals surface area contributed by atoms with Crippen LogP contribution in [0.3, 0.4) is 0 Å². The standard InChI is InChI=1S/C22H19NO4/c1-14-9-11-16(12-10-14)18-13-17(15-7-5-4-6-8-15)19(21(24)26-2)20(23-18)22(25)27-3/h4-13H,1-3H3. The minimum absolute atomic E-state index is 0.0683. The first-order valence-electron chi connectivity index (χ1n) is 8.39. The molecule has 27 heavy (non-hydrogen) atoms. The van der Waals surface area contributed by atoms with Crippen LogP contribution in [-0.4, -0.2) is 31.1 Å². The van der Waals surface area contributed by atoms with Gasteiger partial charge in [0.15, 0.2) is 5.69 Å². The molecule has 1 aromatic heterocycles. The van der Waals surface area contributed by atoms with Gasteiger partial charge in [0.05, 0.1) is 19.9 Å². The van der Waals surface area contributed by atoms with E-state index < -0.39 is 11.9 Å². The maximum absolute atomic E-state index is 12.5. The molecule has 5 heteroatoms. The highest BCUT2D eigenvalue weighted by molar-refractivity contribution is 6.07. The van der Waals surface area contributed by atoms with Crippen LogP contribution in [0.2, 0.25) is 0 Å². The summed E-state index contributed by atoms with van der Waals surface area (Å²) in [7, 11) is 2.53. The Kier molecular flexibility index (Phi) is 5.31. The summed E-state index contributed by atoms with van der Waals surface area (Å²) < 4.78 is 9.77. The maximum atomic E-state index is 12.5. The monoisotopic (exact) mass is 361 g/mol. The van der Waals surface area contributed by atoms with Crippen molar-refractivity contribution in [1.82, 2.24) is 4.98 Å². The number of benzene rings is 2. The molecule has 0 aliphatic heterocycles. The lowest BCUT2D eigenvalue weighted by molar-refractivity contribution is 0.0550. The van der Waals surface area contributed by atoms with Crippen LogP contribution in [0, 0.1) is 6.92 Å². The molecule has 0 amide bonds. The van der Waals surface area contributed by atoms with E-state index in [1.807, 2.05) is 61.5 Å². The Bertz CT molecular complexity index is 979. The molecule has 2 aromatic carbocycles. The fourth-order valence-electron chi connectivity index (χ4n) is 2.82. The first kappa shape index (κ1) is 18.3. The highest BCUT2D eigenvalue weighted by Crippen LogP contribution is 2.31. The molecule has 5 nitrogen and oxygen atoms in total. The number of hydrogen-bond acceptors (Lipinski definition) is 5. The minimum atomic E-state index is -0.693. The molecule has 0 radical (unpaired) electrons. The van der Waals surface area contributed by atoms with Gasteiger partial charge in [-0.25, -0.2) is 14.6 Å². The van der Waals surface area contributed by atoms with Crippen molar-refractivity contribution in [3.05, 3.63) is 77.5 Å². The second-order valence-corrected chi connectivity index (χ2v) is 5.99. The predicted molar refractivity (Wildman–Crippen MR) is 103 cm³/mol. The van der Waals surface area contributed by atoms with E-state index in [4.69, 9.17) is 9.47 Å². The number of methoxy groups -OCH3 is 2.